The fraction of sp³-hybridized carbons (Fsp3) is 0.636. The Kier molecular flexibility index (Phi) is 2.75. The van der Waals surface area contributed by atoms with E-state index in [-0.39, 0.29) is 0 Å². The zero-order valence-electron chi connectivity index (χ0n) is 8.89. The molecule has 4 heteroatoms. The highest BCUT2D eigenvalue weighted by Gasteiger charge is 2.24. The summed E-state index contributed by atoms with van der Waals surface area (Å²) in [4.78, 5) is 10.9. The summed E-state index contributed by atoms with van der Waals surface area (Å²) in [5, 5.41) is 13.2. The van der Waals surface area contributed by atoms with E-state index in [4.69, 9.17) is 5.11 Å². The smallest absolute Gasteiger partial charge is 0.312 e. The maximum atomic E-state index is 10.9. The van der Waals surface area contributed by atoms with Gasteiger partial charge in [0.05, 0.1) is 17.7 Å². The van der Waals surface area contributed by atoms with Crippen LogP contribution < -0.4 is 0 Å². The van der Waals surface area contributed by atoms with Crippen molar-refractivity contribution in [2.24, 2.45) is 0 Å². The summed E-state index contributed by atoms with van der Waals surface area (Å²) in [7, 11) is 0. The summed E-state index contributed by atoms with van der Waals surface area (Å²) >= 11 is 0. The molecule has 0 aromatic carbocycles. The van der Waals surface area contributed by atoms with E-state index in [1.165, 1.54) is 12.8 Å². The molecule has 0 aliphatic heterocycles. The van der Waals surface area contributed by atoms with Crippen molar-refractivity contribution in [3.8, 4) is 0 Å². The Bertz CT molecular complexity index is 353. The van der Waals surface area contributed by atoms with Gasteiger partial charge in [0.2, 0.25) is 0 Å². The molecule has 1 N–H and O–H groups in total. The van der Waals surface area contributed by atoms with E-state index in [1.807, 2.05) is 10.7 Å². The number of carbonyl (C=O) groups is 1. The number of aromatic nitrogens is 2. The Morgan fingerprint density at radius 1 is 1.60 bits per heavy atom. The van der Waals surface area contributed by atoms with Gasteiger partial charge in [-0.1, -0.05) is 12.8 Å². The van der Waals surface area contributed by atoms with Crippen LogP contribution in [0, 0.1) is 0 Å². The van der Waals surface area contributed by atoms with E-state index in [2.05, 4.69) is 5.10 Å². The van der Waals surface area contributed by atoms with Crippen molar-refractivity contribution in [1.82, 2.24) is 9.78 Å². The number of rotatable bonds is 3. The number of carboxylic acid groups (broad SMARTS) is 1. The van der Waals surface area contributed by atoms with Crippen LogP contribution in [-0.4, -0.2) is 20.9 Å². The van der Waals surface area contributed by atoms with Crippen LogP contribution in [0.4, 0.5) is 0 Å². The largest absolute Gasteiger partial charge is 0.481 e. The zero-order valence-corrected chi connectivity index (χ0v) is 8.89. The highest BCUT2D eigenvalue weighted by atomic mass is 16.4. The second kappa shape index (κ2) is 4.04. The van der Waals surface area contributed by atoms with Gasteiger partial charge in [0, 0.05) is 6.20 Å². The van der Waals surface area contributed by atoms with Crippen molar-refractivity contribution in [2.45, 2.75) is 44.6 Å². The van der Waals surface area contributed by atoms with Crippen LogP contribution in [0.5, 0.6) is 0 Å². The van der Waals surface area contributed by atoms with Crippen LogP contribution in [0.2, 0.25) is 0 Å². The van der Waals surface area contributed by atoms with Crippen molar-refractivity contribution >= 4 is 5.97 Å². The number of carboxylic acids is 1. The molecule has 0 spiro atoms. The van der Waals surface area contributed by atoms with Crippen LogP contribution in [0.25, 0.3) is 0 Å². The van der Waals surface area contributed by atoms with Crippen molar-refractivity contribution in [2.75, 3.05) is 0 Å². The molecule has 0 saturated heterocycles. The Morgan fingerprint density at radius 2 is 2.27 bits per heavy atom. The number of hydrogen-bond donors (Lipinski definition) is 1. The van der Waals surface area contributed by atoms with E-state index < -0.39 is 11.9 Å². The molecule has 82 valence electrons. The molecule has 0 bridgehead atoms. The van der Waals surface area contributed by atoms with Crippen LogP contribution in [0.15, 0.2) is 12.3 Å². The Balaban J connectivity index is 2.24. The topological polar surface area (TPSA) is 55.1 Å². The highest BCUT2D eigenvalue weighted by Crippen LogP contribution is 2.31. The third-order valence-electron chi connectivity index (χ3n) is 3.19. The molecule has 4 nitrogen and oxygen atoms in total. The SMILES string of the molecule is CC(C(=O)O)c1ccnn1C1CCCC1. The Labute approximate surface area is 88.9 Å². The summed E-state index contributed by atoms with van der Waals surface area (Å²) in [6.07, 6.45) is 6.41. The van der Waals surface area contributed by atoms with Crippen molar-refractivity contribution in [3.63, 3.8) is 0 Å². The average molecular weight is 208 g/mol. The molecule has 1 unspecified atom stereocenters. The summed E-state index contributed by atoms with van der Waals surface area (Å²) in [5.41, 5.74) is 0.828. The fourth-order valence-corrected chi connectivity index (χ4v) is 2.25. The first-order chi connectivity index (χ1) is 7.20. The van der Waals surface area contributed by atoms with E-state index in [1.54, 1.807) is 13.1 Å². The minimum atomic E-state index is -0.783. The second-order valence-electron chi connectivity index (χ2n) is 4.20. The van der Waals surface area contributed by atoms with Gasteiger partial charge in [0.1, 0.15) is 0 Å². The van der Waals surface area contributed by atoms with Gasteiger partial charge in [0.25, 0.3) is 0 Å². The minimum absolute atomic E-state index is 0.414. The third-order valence-corrected chi connectivity index (χ3v) is 3.19. The van der Waals surface area contributed by atoms with E-state index in [0.29, 0.717) is 6.04 Å². The molecule has 1 heterocycles. The molecule has 1 aromatic heterocycles. The van der Waals surface area contributed by atoms with Crippen LogP contribution in [0.3, 0.4) is 0 Å². The normalized spacial score (nSPS) is 19.3. The zero-order chi connectivity index (χ0) is 10.8. The molecule has 1 aliphatic carbocycles. The third kappa shape index (κ3) is 1.89. The van der Waals surface area contributed by atoms with Crippen LogP contribution in [-0.2, 0) is 4.79 Å². The summed E-state index contributed by atoms with van der Waals surface area (Å²) in [6.45, 7) is 1.71. The molecule has 1 fully saturated rings. The van der Waals surface area contributed by atoms with Gasteiger partial charge in [-0.15, -0.1) is 0 Å². The molecule has 0 amide bonds. The lowest BCUT2D eigenvalue weighted by Crippen LogP contribution is -2.16. The number of nitrogens with zero attached hydrogens (tertiary/aromatic N) is 2. The van der Waals surface area contributed by atoms with E-state index in [0.717, 1.165) is 18.5 Å². The maximum Gasteiger partial charge on any atom is 0.312 e. The van der Waals surface area contributed by atoms with E-state index >= 15 is 0 Å². The van der Waals surface area contributed by atoms with Crippen LogP contribution in [0.1, 0.15) is 50.3 Å². The van der Waals surface area contributed by atoms with Gasteiger partial charge >= 0.3 is 5.97 Å². The average Bonchev–Trinajstić information content (AvgIpc) is 2.86. The molecule has 0 radical (unpaired) electrons. The van der Waals surface area contributed by atoms with Gasteiger partial charge in [-0.25, -0.2) is 0 Å². The first-order valence-electron chi connectivity index (χ1n) is 5.46. The highest BCUT2D eigenvalue weighted by molar-refractivity contribution is 5.74. The molecule has 1 aromatic rings. The molecule has 1 saturated carbocycles. The van der Waals surface area contributed by atoms with Gasteiger partial charge in [-0.3, -0.25) is 9.48 Å². The molecule has 1 aliphatic rings. The monoisotopic (exact) mass is 208 g/mol. The molecular weight excluding hydrogens is 192 g/mol. The molecular formula is C11H16N2O2. The lowest BCUT2D eigenvalue weighted by molar-refractivity contribution is -0.138. The molecule has 1 atom stereocenters. The Hall–Kier alpha value is -1.32. The second-order valence-corrected chi connectivity index (χ2v) is 4.20. The van der Waals surface area contributed by atoms with Gasteiger partial charge in [-0.05, 0) is 25.8 Å². The number of hydrogen-bond acceptors (Lipinski definition) is 2. The van der Waals surface area contributed by atoms with Gasteiger partial charge in [0.15, 0.2) is 0 Å². The van der Waals surface area contributed by atoms with Crippen molar-refractivity contribution in [1.29, 1.82) is 0 Å². The summed E-state index contributed by atoms with van der Waals surface area (Å²) in [5.74, 6) is -1.25. The first kappa shape index (κ1) is 10.2. The predicted octanol–water partition coefficient (Wildman–Crippen LogP) is 2.19. The van der Waals surface area contributed by atoms with Gasteiger partial charge in [-0.2, -0.15) is 5.10 Å². The standard InChI is InChI=1S/C11H16N2O2/c1-8(11(14)15)10-6-7-12-13(10)9-4-2-3-5-9/h6-9H,2-5H2,1H3,(H,14,15). The lowest BCUT2D eigenvalue weighted by atomic mass is 10.1. The fourth-order valence-electron chi connectivity index (χ4n) is 2.25. The Morgan fingerprint density at radius 3 is 2.87 bits per heavy atom. The molecule has 15 heavy (non-hydrogen) atoms. The molecule has 2 rings (SSSR count). The van der Waals surface area contributed by atoms with Crippen molar-refractivity contribution < 1.29 is 9.90 Å². The maximum absolute atomic E-state index is 10.9. The van der Waals surface area contributed by atoms with Crippen molar-refractivity contribution in [3.05, 3.63) is 18.0 Å². The lowest BCUT2D eigenvalue weighted by Gasteiger charge is -2.16. The minimum Gasteiger partial charge on any atom is -0.481 e. The first-order valence-corrected chi connectivity index (χ1v) is 5.46. The number of aliphatic carboxylic acids is 1. The summed E-state index contributed by atoms with van der Waals surface area (Å²) < 4.78 is 1.91. The quantitative estimate of drug-likeness (QED) is 0.828. The van der Waals surface area contributed by atoms with Gasteiger partial charge < -0.3 is 5.11 Å². The van der Waals surface area contributed by atoms with E-state index in [9.17, 15) is 4.79 Å². The van der Waals surface area contributed by atoms with Crippen LogP contribution >= 0.6 is 0 Å². The predicted molar refractivity (Wildman–Crippen MR) is 55.8 cm³/mol. The summed E-state index contributed by atoms with van der Waals surface area (Å²) in [6, 6.07) is 2.23.